The fourth-order valence-electron chi connectivity index (χ4n) is 3.40. The van der Waals surface area contributed by atoms with Gasteiger partial charge in [-0.05, 0) is 68.7 Å². The number of hydrogen-bond acceptors (Lipinski definition) is 3. The SMILES string of the molecule is Cc1ccc(NC(=O)c2cnc3c(-c4ccc(F)cc4)c(C)nn3c2C)cc1C. The van der Waals surface area contributed by atoms with E-state index in [4.69, 9.17) is 0 Å². The number of hydrogen-bond donors (Lipinski definition) is 1. The van der Waals surface area contributed by atoms with E-state index >= 15 is 0 Å². The lowest BCUT2D eigenvalue weighted by Crippen LogP contribution is -2.16. The van der Waals surface area contributed by atoms with Crippen LogP contribution in [0.25, 0.3) is 16.8 Å². The Hall–Kier alpha value is -3.54. The van der Waals surface area contributed by atoms with Crippen LogP contribution in [0.15, 0.2) is 48.7 Å². The number of aryl methyl sites for hydroxylation is 4. The summed E-state index contributed by atoms with van der Waals surface area (Å²) in [5.41, 5.74) is 7.21. The van der Waals surface area contributed by atoms with Crippen LogP contribution in [-0.2, 0) is 0 Å². The van der Waals surface area contributed by atoms with Crippen molar-refractivity contribution < 1.29 is 9.18 Å². The Morgan fingerprint density at radius 2 is 1.72 bits per heavy atom. The number of nitrogens with zero attached hydrogens (tertiary/aromatic N) is 3. The topological polar surface area (TPSA) is 59.3 Å². The van der Waals surface area contributed by atoms with Crippen molar-refractivity contribution in [1.29, 1.82) is 0 Å². The van der Waals surface area contributed by atoms with E-state index in [9.17, 15) is 9.18 Å². The number of benzene rings is 2. The minimum Gasteiger partial charge on any atom is -0.322 e. The van der Waals surface area contributed by atoms with E-state index in [-0.39, 0.29) is 11.7 Å². The van der Waals surface area contributed by atoms with Gasteiger partial charge in [0.05, 0.1) is 17.0 Å². The number of amides is 1. The predicted molar refractivity (Wildman–Crippen MR) is 112 cm³/mol. The number of carbonyl (C=O) groups excluding carboxylic acids is 1. The van der Waals surface area contributed by atoms with Gasteiger partial charge in [0.25, 0.3) is 5.91 Å². The molecule has 0 atom stereocenters. The van der Waals surface area contributed by atoms with E-state index in [0.29, 0.717) is 16.9 Å². The predicted octanol–water partition coefficient (Wildman–Crippen LogP) is 5.02. The largest absolute Gasteiger partial charge is 0.322 e. The van der Waals surface area contributed by atoms with Gasteiger partial charge in [-0.3, -0.25) is 4.79 Å². The van der Waals surface area contributed by atoms with Crippen molar-refractivity contribution in [3.05, 3.63) is 82.6 Å². The maximum absolute atomic E-state index is 13.3. The Kier molecular flexibility index (Phi) is 4.62. The lowest BCUT2D eigenvalue weighted by atomic mass is 10.1. The highest BCUT2D eigenvalue weighted by Gasteiger charge is 2.19. The second kappa shape index (κ2) is 7.13. The molecule has 0 unspecified atom stereocenters. The lowest BCUT2D eigenvalue weighted by molar-refractivity contribution is 0.102. The first-order valence-corrected chi connectivity index (χ1v) is 9.34. The quantitative estimate of drug-likeness (QED) is 0.536. The summed E-state index contributed by atoms with van der Waals surface area (Å²) in [5.74, 6) is -0.533. The van der Waals surface area contributed by atoms with Crippen molar-refractivity contribution >= 4 is 17.2 Å². The smallest absolute Gasteiger partial charge is 0.259 e. The Balaban J connectivity index is 1.73. The number of aromatic nitrogens is 3. The highest BCUT2D eigenvalue weighted by atomic mass is 19.1. The van der Waals surface area contributed by atoms with Crippen LogP contribution in [0.4, 0.5) is 10.1 Å². The number of carbonyl (C=O) groups is 1. The van der Waals surface area contributed by atoms with Crippen molar-refractivity contribution in [3.8, 4) is 11.1 Å². The zero-order valence-corrected chi connectivity index (χ0v) is 16.7. The van der Waals surface area contributed by atoms with E-state index in [2.05, 4.69) is 15.4 Å². The van der Waals surface area contributed by atoms with Crippen LogP contribution in [0.5, 0.6) is 0 Å². The molecule has 0 aliphatic heterocycles. The van der Waals surface area contributed by atoms with Crippen molar-refractivity contribution in [1.82, 2.24) is 14.6 Å². The maximum Gasteiger partial charge on any atom is 0.259 e. The van der Waals surface area contributed by atoms with Crippen LogP contribution in [0.2, 0.25) is 0 Å². The molecule has 146 valence electrons. The fraction of sp³-hybridized carbons (Fsp3) is 0.174. The van der Waals surface area contributed by atoms with E-state index in [1.165, 1.54) is 17.7 Å². The molecule has 29 heavy (non-hydrogen) atoms. The molecule has 5 nitrogen and oxygen atoms in total. The summed E-state index contributed by atoms with van der Waals surface area (Å²) in [5, 5.41) is 7.50. The van der Waals surface area contributed by atoms with Gasteiger partial charge >= 0.3 is 0 Å². The monoisotopic (exact) mass is 388 g/mol. The van der Waals surface area contributed by atoms with Crippen molar-refractivity contribution in [2.75, 3.05) is 5.32 Å². The first-order valence-electron chi connectivity index (χ1n) is 9.34. The number of halogens is 1. The fourth-order valence-corrected chi connectivity index (χ4v) is 3.40. The molecule has 0 radical (unpaired) electrons. The van der Waals surface area contributed by atoms with Gasteiger partial charge in [0.1, 0.15) is 5.82 Å². The standard InChI is InChI=1S/C23H21FN4O/c1-13-5-10-19(11-14(13)2)26-23(29)20-12-25-22-21(15(3)27-28(22)16(20)4)17-6-8-18(24)9-7-17/h5-12H,1-4H3,(H,26,29). The van der Waals surface area contributed by atoms with Crippen LogP contribution in [0.1, 0.15) is 32.9 Å². The summed E-state index contributed by atoms with van der Waals surface area (Å²) in [7, 11) is 0. The highest BCUT2D eigenvalue weighted by Crippen LogP contribution is 2.28. The van der Waals surface area contributed by atoms with E-state index in [1.54, 1.807) is 22.8 Å². The summed E-state index contributed by atoms with van der Waals surface area (Å²) >= 11 is 0. The van der Waals surface area contributed by atoms with Crippen LogP contribution in [0, 0.1) is 33.5 Å². The lowest BCUT2D eigenvalue weighted by Gasteiger charge is -2.10. The second-order valence-corrected chi connectivity index (χ2v) is 7.21. The van der Waals surface area contributed by atoms with Gasteiger partial charge in [-0.15, -0.1) is 0 Å². The van der Waals surface area contributed by atoms with Crippen LogP contribution in [-0.4, -0.2) is 20.5 Å². The number of nitrogens with one attached hydrogen (secondary N) is 1. The van der Waals surface area contributed by atoms with E-state index in [0.717, 1.165) is 28.1 Å². The molecule has 0 saturated carbocycles. The molecule has 2 aromatic heterocycles. The van der Waals surface area contributed by atoms with E-state index < -0.39 is 0 Å². The van der Waals surface area contributed by atoms with Gasteiger partial charge in [0.2, 0.25) is 0 Å². The molecule has 2 heterocycles. The molecular weight excluding hydrogens is 367 g/mol. The maximum atomic E-state index is 13.3. The first-order chi connectivity index (χ1) is 13.8. The molecule has 1 N–H and O–H groups in total. The molecule has 0 aliphatic rings. The normalized spacial score (nSPS) is 11.1. The minimum absolute atomic E-state index is 0.239. The van der Waals surface area contributed by atoms with Crippen molar-refractivity contribution in [3.63, 3.8) is 0 Å². The molecule has 6 heteroatoms. The van der Waals surface area contributed by atoms with Gasteiger partial charge < -0.3 is 5.32 Å². The average Bonchev–Trinajstić information content (AvgIpc) is 3.02. The molecular formula is C23H21FN4O. The molecule has 0 saturated heterocycles. The molecule has 0 fully saturated rings. The van der Waals surface area contributed by atoms with Gasteiger partial charge in [-0.25, -0.2) is 13.9 Å². The molecule has 4 rings (SSSR count). The molecule has 0 aliphatic carbocycles. The van der Waals surface area contributed by atoms with Crippen LogP contribution in [0.3, 0.4) is 0 Å². The second-order valence-electron chi connectivity index (χ2n) is 7.21. The van der Waals surface area contributed by atoms with Crippen molar-refractivity contribution in [2.45, 2.75) is 27.7 Å². The third-order valence-corrected chi connectivity index (χ3v) is 5.20. The third kappa shape index (κ3) is 3.38. The Morgan fingerprint density at radius 1 is 1.00 bits per heavy atom. The van der Waals surface area contributed by atoms with E-state index in [1.807, 2.05) is 45.9 Å². The first kappa shape index (κ1) is 18.8. The third-order valence-electron chi connectivity index (χ3n) is 5.20. The molecule has 1 amide bonds. The minimum atomic E-state index is -0.294. The number of anilines is 1. The van der Waals surface area contributed by atoms with Gasteiger partial charge in [-0.2, -0.15) is 5.10 Å². The summed E-state index contributed by atoms with van der Waals surface area (Å²) < 4.78 is 15.0. The van der Waals surface area contributed by atoms with Gasteiger partial charge in [-0.1, -0.05) is 18.2 Å². The summed E-state index contributed by atoms with van der Waals surface area (Å²) in [6, 6.07) is 12.0. The number of rotatable bonds is 3. The summed E-state index contributed by atoms with van der Waals surface area (Å²) in [4.78, 5) is 17.3. The zero-order chi connectivity index (χ0) is 20.7. The summed E-state index contributed by atoms with van der Waals surface area (Å²) in [6.45, 7) is 7.75. The number of fused-ring (bicyclic) bond motifs is 1. The Labute approximate surface area is 168 Å². The molecule has 0 bridgehead atoms. The van der Waals surface area contributed by atoms with Crippen LogP contribution < -0.4 is 5.32 Å². The van der Waals surface area contributed by atoms with Crippen molar-refractivity contribution in [2.24, 2.45) is 0 Å². The summed E-state index contributed by atoms with van der Waals surface area (Å²) in [6.07, 6.45) is 1.56. The molecule has 0 spiro atoms. The average molecular weight is 388 g/mol. The Bertz CT molecular complexity index is 1240. The van der Waals surface area contributed by atoms with Gasteiger partial charge in [0.15, 0.2) is 5.65 Å². The molecule has 2 aromatic carbocycles. The van der Waals surface area contributed by atoms with Crippen LogP contribution >= 0.6 is 0 Å². The highest BCUT2D eigenvalue weighted by molar-refractivity contribution is 6.05. The zero-order valence-electron chi connectivity index (χ0n) is 16.7. The molecule has 4 aromatic rings. The van der Waals surface area contributed by atoms with Gasteiger partial charge in [0, 0.05) is 17.4 Å². The Morgan fingerprint density at radius 3 is 2.41 bits per heavy atom.